The van der Waals surface area contributed by atoms with Gasteiger partial charge in [0.05, 0.1) is 26.5 Å². The molecule has 118 valence electrons. The Kier molecular flexibility index (Phi) is 7.39. The van der Waals surface area contributed by atoms with E-state index in [1.807, 2.05) is 20.2 Å². The van der Waals surface area contributed by atoms with Crippen LogP contribution < -0.4 is 20.1 Å². The second kappa shape index (κ2) is 9.07. The van der Waals surface area contributed by atoms with Gasteiger partial charge in [-0.15, -0.1) is 0 Å². The molecule has 0 aliphatic carbocycles. The lowest BCUT2D eigenvalue weighted by atomic mass is 10.2. The molecule has 0 saturated heterocycles. The predicted molar refractivity (Wildman–Crippen MR) is 84.2 cm³/mol. The van der Waals surface area contributed by atoms with Crippen molar-refractivity contribution < 1.29 is 14.3 Å². The van der Waals surface area contributed by atoms with Gasteiger partial charge in [0, 0.05) is 12.6 Å². The van der Waals surface area contributed by atoms with Gasteiger partial charge in [0.1, 0.15) is 11.5 Å². The first-order valence-corrected chi connectivity index (χ1v) is 6.94. The van der Waals surface area contributed by atoms with Gasteiger partial charge in [-0.1, -0.05) is 0 Å². The third kappa shape index (κ3) is 6.35. The molecule has 0 saturated carbocycles. The Morgan fingerprint density at radius 1 is 1.24 bits per heavy atom. The number of hydrogen-bond donors (Lipinski definition) is 2. The highest BCUT2D eigenvalue weighted by molar-refractivity contribution is 5.81. The van der Waals surface area contributed by atoms with E-state index >= 15 is 0 Å². The SMILES string of the molecule is COc1ccc(OC)c(NCC(=O)NCCCN(C)C)c1. The van der Waals surface area contributed by atoms with Crippen LogP contribution in [0.5, 0.6) is 11.5 Å². The maximum atomic E-state index is 11.8. The third-order valence-electron chi connectivity index (χ3n) is 2.95. The Balaban J connectivity index is 2.41. The number of carbonyl (C=O) groups is 1. The Morgan fingerprint density at radius 2 is 2.00 bits per heavy atom. The molecule has 0 unspecified atom stereocenters. The molecular weight excluding hydrogens is 270 g/mol. The number of anilines is 1. The number of methoxy groups -OCH3 is 2. The Labute approximate surface area is 126 Å². The Morgan fingerprint density at radius 3 is 2.62 bits per heavy atom. The van der Waals surface area contributed by atoms with Crippen molar-refractivity contribution in [2.45, 2.75) is 6.42 Å². The second-order valence-corrected chi connectivity index (χ2v) is 4.93. The molecule has 0 heterocycles. The van der Waals surface area contributed by atoms with Crippen molar-refractivity contribution in [3.8, 4) is 11.5 Å². The summed E-state index contributed by atoms with van der Waals surface area (Å²) in [5.41, 5.74) is 0.736. The molecule has 2 N–H and O–H groups in total. The lowest BCUT2D eigenvalue weighted by Crippen LogP contribution is -2.32. The van der Waals surface area contributed by atoms with E-state index in [2.05, 4.69) is 15.5 Å². The molecule has 0 atom stereocenters. The van der Waals surface area contributed by atoms with Crippen molar-refractivity contribution in [3.05, 3.63) is 18.2 Å². The lowest BCUT2D eigenvalue weighted by molar-refractivity contribution is -0.119. The molecule has 1 amide bonds. The molecule has 0 fully saturated rings. The topological polar surface area (TPSA) is 62.8 Å². The maximum Gasteiger partial charge on any atom is 0.239 e. The van der Waals surface area contributed by atoms with E-state index in [-0.39, 0.29) is 12.5 Å². The molecule has 0 aliphatic rings. The number of nitrogens with zero attached hydrogens (tertiary/aromatic N) is 1. The van der Waals surface area contributed by atoms with Crippen LogP contribution in [0, 0.1) is 0 Å². The van der Waals surface area contributed by atoms with Crippen LogP contribution in [-0.4, -0.2) is 58.8 Å². The molecule has 1 aromatic rings. The van der Waals surface area contributed by atoms with Crippen molar-refractivity contribution in [2.75, 3.05) is 53.3 Å². The minimum absolute atomic E-state index is 0.0429. The summed E-state index contributed by atoms with van der Waals surface area (Å²) in [7, 11) is 7.22. The van der Waals surface area contributed by atoms with Gasteiger partial charge in [0.15, 0.2) is 0 Å². The highest BCUT2D eigenvalue weighted by atomic mass is 16.5. The lowest BCUT2D eigenvalue weighted by Gasteiger charge is -2.13. The van der Waals surface area contributed by atoms with Gasteiger partial charge >= 0.3 is 0 Å². The number of benzene rings is 1. The largest absolute Gasteiger partial charge is 0.497 e. The number of ether oxygens (including phenoxy) is 2. The number of rotatable bonds is 9. The normalized spacial score (nSPS) is 10.3. The fraction of sp³-hybridized carbons (Fsp3) is 0.533. The third-order valence-corrected chi connectivity index (χ3v) is 2.95. The fourth-order valence-electron chi connectivity index (χ4n) is 1.81. The number of amides is 1. The molecule has 0 bridgehead atoms. The first kappa shape index (κ1) is 17.1. The highest BCUT2D eigenvalue weighted by Crippen LogP contribution is 2.28. The van der Waals surface area contributed by atoms with Crippen molar-refractivity contribution in [1.82, 2.24) is 10.2 Å². The van der Waals surface area contributed by atoms with E-state index in [0.29, 0.717) is 18.0 Å². The molecule has 1 aromatic carbocycles. The Hall–Kier alpha value is -1.95. The minimum Gasteiger partial charge on any atom is -0.497 e. The Bertz CT molecular complexity index is 450. The summed E-state index contributed by atoms with van der Waals surface area (Å²) in [4.78, 5) is 13.8. The molecule has 0 radical (unpaired) electrons. The monoisotopic (exact) mass is 295 g/mol. The van der Waals surface area contributed by atoms with E-state index in [0.717, 1.165) is 18.7 Å². The summed E-state index contributed by atoms with van der Waals surface area (Å²) in [6.07, 6.45) is 0.932. The number of nitrogens with one attached hydrogen (secondary N) is 2. The minimum atomic E-state index is -0.0429. The summed E-state index contributed by atoms with van der Waals surface area (Å²) in [6, 6.07) is 5.42. The quantitative estimate of drug-likeness (QED) is 0.670. The van der Waals surface area contributed by atoms with Crippen molar-refractivity contribution >= 4 is 11.6 Å². The van der Waals surface area contributed by atoms with Gasteiger partial charge in [0.25, 0.3) is 0 Å². The zero-order chi connectivity index (χ0) is 15.7. The zero-order valence-electron chi connectivity index (χ0n) is 13.2. The zero-order valence-corrected chi connectivity index (χ0v) is 13.2. The van der Waals surface area contributed by atoms with Gasteiger partial charge in [-0.2, -0.15) is 0 Å². The van der Waals surface area contributed by atoms with Gasteiger partial charge in [-0.25, -0.2) is 0 Å². The fourth-order valence-corrected chi connectivity index (χ4v) is 1.81. The average molecular weight is 295 g/mol. The highest BCUT2D eigenvalue weighted by Gasteiger charge is 2.07. The van der Waals surface area contributed by atoms with Crippen LogP contribution in [0.25, 0.3) is 0 Å². The van der Waals surface area contributed by atoms with Gasteiger partial charge in [-0.05, 0) is 39.2 Å². The standard InChI is InChI=1S/C15H25N3O3/c1-18(2)9-5-8-16-15(19)11-17-13-10-12(20-3)6-7-14(13)21-4/h6-7,10,17H,5,8-9,11H2,1-4H3,(H,16,19). The molecule has 0 spiro atoms. The van der Waals surface area contributed by atoms with Gasteiger partial charge < -0.3 is 25.0 Å². The van der Waals surface area contributed by atoms with Crippen molar-refractivity contribution in [2.24, 2.45) is 0 Å². The predicted octanol–water partition coefficient (Wildman–Crippen LogP) is 1.18. The van der Waals surface area contributed by atoms with Crippen LogP contribution in [0.1, 0.15) is 6.42 Å². The van der Waals surface area contributed by atoms with Gasteiger partial charge in [-0.3, -0.25) is 4.79 Å². The summed E-state index contributed by atoms with van der Waals surface area (Å²) in [5.74, 6) is 1.35. The summed E-state index contributed by atoms with van der Waals surface area (Å²) >= 11 is 0. The molecule has 1 rings (SSSR count). The van der Waals surface area contributed by atoms with E-state index in [4.69, 9.17) is 9.47 Å². The number of carbonyl (C=O) groups excluding carboxylic acids is 1. The van der Waals surface area contributed by atoms with Crippen LogP contribution in [0.3, 0.4) is 0 Å². The smallest absolute Gasteiger partial charge is 0.239 e. The van der Waals surface area contributed by atoms with Crippen LogP contribution in [0.2, 0.25) is 0 Å². The van der Waals surface area contributed by atoms with Gasteiger partial charge in [0.2, 0.25) is 5.91 Å². The van der Waals surface area contributed by atoms with E-state index in [1.165, 1.54) is 0 Å². The van der Waals surface area contributed by atoms with E-state index < -0.39 is 0 Å². The molecular formula is C15H25N3O3. The molecule has 0 aromatic heterocycles. The van der Waals surface area contributed by atoms with Crippen LogP contribution in [-0.2, 0) is 4.79 Å². The van der Waals surface area contributed by atoms with Crippen molar-refractivity contribution in [3.63, 3.8) is 0 Å². The average Bonchev–Trinajstić information content (AvgIpc) is 2.48. The van der Waals surface area contributed by atoms with Crippen molar-refractivity contribution in [1.29, 1.82) is 0 Å². The van der Waals surface area contributed by atoms with Crippen LogP contribution >= 0.6 is 0 Å². The van der Waals surface area contributed by atoms with E-state index in [9.17, 15) is 4.79 Å². The second-order valence-electron chi connectivity index (χ2n) is 4.93. The summed E-state index contributed by atoms with van der Waals surface area (Å²) in [5, 5.41) is 5.94. The summed E-state index contributed by atoms with van der Waals surface area (Å²) < 4.78 is 10.4. The first-order valence-electron chi connectivity index (χ1n) is 6.94. The molecule has 21 heavy (non-hydrogen) atoms. The molecule has 0 aliphatic heterocycles. The van der Waals surface area contributed by atoms with Crippen LogP contribution in [0.15, 0.2) is 18.2 Å². The number of hydrogen-bond acceptors (Lipinski definition) is 5. The molecule has 6 nitrogen and oxygen atoms in total. The van der Waals surface area contributed by atoms with E-state index in [1.54, 1.807) is 26.4 Å². The molecule has 6 heteroatoms. The summed E-state index contributed by atoms with van der Waals surface area (Å²) in [6.45, 7) is 1.83. The van der Waals surface area contributed by atoms with Crippen LogP contribution in [0.4, 0.5) is 5.69 Å². The maximum absolute atomic E-state index is 11.8. The first-order chi connectivity index (χ1) is 10.1.